The summed E-state index contributed by atoms with van der Waals surface area (Å²) in [4.78, 5) is 13.2. The summed E-state index contributed by atoms with van der Waals surface area (Å²) in [5, 5.41) is 0. The zero-order valence-electron chi connectivity index (χ0n) is 9.70. The van der Waals surface area contributed by atoms with E-state index in [9.17, 15) is 4.79 Å². The number of carbonyl (C=O) groups excluding carboxylic acids is 1. The van der Waals surface area contributed by atoms with Gasteiger partial charge in [0.15, 0.2) is 0 Å². The molecule has 0 aliphatic heterocycles. The lowest BCUT2D eigenvalue weighted by molar-refractivity contribution is -0.139. The monoisotopic (exact) mass is 207 g/mol. The first-order valence-corrected chi connectivity index (χ1v) is 4.88. The number of ether oxygens (including phenoxy) is 1. The molecule has 0 bridgehead atoms. The van der Waals surface area contributed by atoms with E-state index in [0.717, 1.165) is 16.8 Å². The molecule has 0 aromatic heterocycles. The van der Waals surface area contributed by atoms with Crippen LogP contribution in [0.15, 0.2) is 18.2 Å². The number of nitrogens with zero attached hydrogens (tertiary/aromatic N) is 1. The second kappa shape index (κ2) is 4.82. The Morgan fingerprint density at radius 2 is 2.07 bits per heavy atom. The number of hydrogen-bond acceptors (Lipinski definition) is 3. The smallest absolute Gasteiger partial charge is 0.310 e. The lowest BCUT2D eigenvalue weighted by Crippen LogP contribution is -2.14. The molecule has 3 heteroatoms. The van der Waals surface area contributed by atoms with E-state index in [1.807, 2.05) is 44.1 Å². The lowest BCUT2D eigenvalue weighted by Gasteiger charge is -2.17. The van der Waals surface area contributed by atoms with E-state index in [0.29, 0.717) is 6.42 Å². The number of methoxy groups -OCH3 is 1. The Morgan fingerprint density at radius 1 is 1.40 bits per heavy atom. The highest BCUT2D eigenvalue weighted by Crippen LogP contribution is 2.20. The summed E-state index contributed by atoms with van der Waals surface area (Å²) < 4.78 is 4.67. The second-order valence-corrected chi connectivity index (χ2v) is 3.78. The third kappa shape index (κ3) is 2.98. The van der Waals surface area contributed by atoms with Crippen LogP contribution in [0.2, 0.25) is 0 Å². The molecular weight excluding hydrogens is 190 g/mol. The Bertz CT molecular complexity index is 359. The minimum absolute atomic E-state index is 0.205. The van der Waals surface area contributed by atoms with Gasteiger partial charge in [-0.05, 0) is 18.6 Å². The van der Waals surface area contributed by atoms with Crippen molar-refractivity contribution < 1.29 is 9.53 Å². The van der Waals surface area contributed by atoms with Crippen LogP contribution in [0.5, 0.6) is 0 Å². The first kappa shape index (κ1) is 11.6. The van der Waals surface area contributed by atoms with Gasteiger partial charge >= 0.3 is 5.97 Å². The van der Waals surface area contributed by atoms with Crippen LogP contribution in [-0.2, 0) is 16.0 Å². The molecule has 0 aliphatic carbocycles. The lowest BCUT2D eigenvalue weighted by atomic mass is 10.1. The minimum atomic E-state index is -0.205. The van der Waals surface area contributed by atoms with E-state index in [4.69, 9.17) is 0 Å². The van der Waals surface area contributed by atoms with E-state index in [2.05, 4.69) is 4.74 Å². The van der Waals surface area contributed by atoms with Crippen LogP contribution in [0.1, 0.15) is 11.1 Å². The summed E-state index contributed by atoms with van der Waals surface area (Å²) in [5.74, 6) is -0.205. The van der Waals surface area contributed by atoms with Gasteiger partial charge in [0, 0.05) is 19.8 Å². The molecule has 0 saturated heterocycles. The molecule has 3 nitrogen and oxygen atoms in total. The number of anilines is 1. The number of carbonyl (C=O) groups is 1. The summed E-state index contributed by atoms with van der Waals surface area (Å²) in [7, 11) is 5.34. The molecule has 0 radical (unpaired) electrons. The molecule has 0 spiro atoms. The van der Waals surface area contributed by atoms with Crippen LogP contribution >= 0.6 is 0 Å². The summed E-state index contributed by atoms with van der Waals surface area (Å²) in [6, 6.07) is 6.08. The summed E-state index contributed by atoms with van der Waals surface area (Å²) >= 11 is 0. The maximum Gasteiger partial charge on any atom is 0.310 e. The number of hydrogen-bond donors (Lipinski definition) is 0. The van der Waals surface area contributed by atoms with Gasteiger partial charge in [0.05, 0.1) is 13.5 Å². The summed E-state index contributed by atoms with van der Waals surface area (Å²) in [5.41, 5.74) is 3.22. The van der Waals surface area contributed by atoms with Crippen molar-refractivity contribution in [2.75, 3.05) is 26.1 Å². The molecule has 0 heterocycles. The van der Waals surface area contributed by atoms with Gasteiger partial charge < -0.3 is 9.64 Å². The summed E-state index contributed by atoms with van der Waals surface area (Å²) in [6.07, 6.45) is 0.325. The van der Waals surface area contributed by atoms with E-state index in [-0.39, 0.29) is 5.97 Å². The maximum atomic E-state index is 11.2. The van der Waals surface area contributed by atoms with Crippen molar-refractivity contribution in [1.29, 1.82) is 0 Å². The number of aryl methyl sites for hydroxylation is 1. The zero-order chi connectivity index (χ0) is 11.4. The van der Waals surface area contributed by atoms with E-state index in [1.54, 1.807) is 0 Å². The van der Waals surface area contributed by atoms with Gasteiger partial charge in [-0.3, -0.25) is 4.79 Å². The van der Waals surface area contributed by atoms with Crippen molar-refractivity contribution >= 4 is 11.7 Å². The first-order chi connectivity index (χ1) is 7.04. The topological polar surface area (TPSA) is 29.5 Å². The van der Waals surface area contributed by atoms with Crippen molar-refractivity contribution in [3.63, 3.8) is 0 Å². The van der Waals surface area contributed by atoms with Gasteiger partial charge in [-0.25, -0.2) is 0 Å². The molecule has 0 amide bonds. The van der Waals surface area contributed by atoms with Crippen molar-refractivity contribution in [1.82, 2.24) is 0 Å². The van der Waals surface area contributed by atoms with Crippen molar-refractivity contribution in [2.45, 2.75) is 13.3 Å². The number of esters is 1. The SMILES string of the molecule is COC(=O)Cc1cc(C)ccc1N(C)C. The average Bonchev–Trinajstić information content (AvgIpc) is 2.17. The zero-order valence-corrected chi connectivity index (χ0v) is 9.70. The van der Waals surface area contributed by atoms with Gasteiger partial charge in [-0.2, -0.15) is 0 Å². The van der Waals surface area contributed by atoms with E-state index >= 15 is 0 Å². The fourth-order valence-electron chi connectivity index (χ4n) is 1.52. The third-order valence-electron chi connectivity index (χ3n) is 2.28. The van der Waals surface area contributed by atoms with Gasteiger partial charge in [0.25, 0.3) is 0 Å². The van der Waals surface area contributed by atoms with Crippen molar-refractivity contribution in [3.8, 4) is 0 Å². The van der Waals surface area contributed by atoms with Crippen LogP contribution in [0.25, 0.3) is 0 Å². The standard InChI is InChI=1S/C12H17NO2/c1-9-5-6-11(13(2)3)10(7-9)8-12(14)15-4/h5-7H,8H2,1-4H3. The fourth-order valence-corrected chi connectivity index (χ4v) is 1.52. The van der Waals surface area contributed by atoms with Gasteiger partial charge in [0.1, 0.15) is 0 Å². The van der Waals surface area contributed by atoms with Crippen molar-refractivity contribution in [3.05, 3.63) is 29.3 Å². The van der Waals surface area contributed by atoms with Crippen LogP contribution in [0, 0.1) is 6.92 Å². The highest BCUT2D eigenvalue weighted by molar-refractivity contribution is 5.75. The molecule has 0 unspecified atom stereocenters. The normalized spacial score (nSPS) is 9.87. The Labute approximate surface area is 90.7 Å². The van der Waals surface area contributed by atoms with E-state index in [1.165, 1.54) is 7.11 Å². The van der Waals surface area contributed by atoms with Gasteiger partial charge in [-0.15, -0.1) is 0 Å². The van der Waals surface area contributed by atoms with Crippen LogP contribution in [0.4, 0.5) is 5.69 Å². The second-order valence-electron chi connectivity index (χ2n) is 3.78. The Morgan fingerprint density at radius 3 is 2.60 bits per heavy atom. The maximum absolute atomic E-state index is 11.2. The number of benzene rings is 1. The predicted octanol–water partition coefficient (Wildman–Crippen LogP) is 1.78. The van der Waals surface area contributed by atoms with Crippen LogP contribution in [-0.4, -0.2) is 27.2 Å². The molecule has 15 heavy (non-hydrogen) atoms. The molecule has 1 aromatic carbocycles. The molecule has 0 aliphatic rings. The molecule has 1 aromatic rings. The van der Waals surface area contributed by atoms with Gasteiger partial charge in [-0.1, -0.05) is 17.7 Å². The Kier molecular flexibility index (Phi) is 3.72. The molecule has 0 atom stereocenters. The quantitative estimate of drug-likeness (QED) is 0.707. The van der Waals surface area contributed by atoms with Gasteiger partial charge in [0.2, 0.25) is 0 Å². The minimum Gasteiger partial charge on any atom is -0.469 e. The molecule has 1 rings (SSSR count). The van der Waals surface area contributed by atoms with E-state index < -0.39 is 0 Å². The number of rotatable bonds is 3. The Hall–Kier alpha value is -1.51. The molecule has 82 valence electrons. The first-order valence-electron chi connectivity index (χ1n) is 4.88. The van der Waals surface area contributed by atoms with Crippen molar-refractivity contribution in [2.24, 2.45) is 0 Å². The molecule has 0 saturated carbocycles. The predicted molar refractivity (Wildman–Crippen MR) is 61.2 cm³/mol. The fraction of sp³-hybridized carbons (Fsp3) is 0.417. The highest BCUT2D eigenvalue weighted by atomic mass is 16.5. The van der Waals surface area contributed by atoms with Crippen LogP contribution < -0.4 is 4.90 Å². The molecular formula is C12H17NO2. The Balaban J connectivity index is 3.02. The largest absolute Gasteiger partial charge is 0.469 e. The highest BCUT2D eigenvalue weighted by Gasteiger charge is 2.09. The summed E-state index contributed by atoms with van der Waals surface area (Å²) in [6.45, 7) is 2.01. The third-order valence-corrected chi connectivity index (χ3v) is 2.28. The molecule has 0 fully saturated rings. The average molecular weight is 207 g/mol. The van der Waals surface area contributed by atoms with Crippen LogP contribution in [0.3, 0.4) is 0 Å². The molecule has 0 N–H and O–H groups in total.